The van der Waals surface area contributed by atoms with Crippen LogP contribution in [0.5, 0.6) is 0 Å². The summed E-state index contributed by atoms with van der Waals surface area (Å²) in [5.74, 6) is 0.0390. The minimum atomic E-state index is -0.368. The Kier molecular flexibility index (Phi) is 6.88. The van der Waals surface area contributed by atoms with Gasteiger partial charge in [-0.1, -0.05) is 50.6 Å². The largest absolute Gasteiger partial charge is 0.320 e. The molecule has 0 unspecified atom stereocenters. The van der Waals surface area contributed by atoms with E-state index in [1.165, 1.54) is 11.8 Å². The van der Waals surface area contributed by atoms with Crippen molar-refractivity contribution < 1.29 is 4.79 Å². The third-order valence-corrected chi connectivity index (χ3v) is 6.05. The normalized spacial score (nSPS) is 10.9. The summed E-state index contributed by atoms with van der Waals surface area (Å²) in [5.41, 5.74) is 4.01. The molecule has 2 aromatic heterocycles. The van der Waals surface area contributed by atoms with Crippen LogP contribution in [0, 0.1) is 13.8 Å². The summed E-state index contributed by atoms with van der Waals surface area (Å²) in [6.07, 6.45) is 0. The zero-order chi connectivity index (χ0) is 22.7. The second-order valence-electron chi connectivity index (χ2n) is 6.96. The third kappa shape index (κ3) is 5.35. The van der Waals surface area contributed by atoms with Gasteiger partial charge in [0.15, 0.2) is 10.9 Å². The molecule has 0 aliphatic rings. The van der Waals surface area contributed by atoms with Gasteiger partial charge in [-0.05, 0) is 62.4 Å². The van der Waals surface area contributed by atoms with Gasteiger partial charge >= 0.3 is 0 Å². The van der Waals surface area contributed by atoms with Gasteiger partial charge in [0.1, 0.15) is 0 Å². The van der Waals surface area contributed by atoms with E-state index in [9.17, 15) is 4.79 Å². The zero-order valence-corrected chi connectivity index (χ0v) is 20.4. The molecule has 0 saturated carbocycles. The Morgan fingerprint density at radius 3 is 2.50 bits per heavy atom. The van der Waals surface area contributed by atoms with Gasteiger partial charge < -0.3 is 5.32 Å². The predicted octanol–water partition coefficient (Wildman–Crippen LogP) is 5.63. The summed E-state index contributed by atoms with van der Waals surface area (Å²) in [4.78, 5) is 22.0. The highest BCUT2D eigenvalue weighted by atomic mass is 79.9. The average molecular weight is 530 g/mol. The van der Waals surface area contributed by atoms with Gasteiger partial charge in [0.25, 0.3) is 5.91 Å². The van der Waals surface area contributed by atoms with Gasteiger partial charge in [-0.15, -0.1) is 5.10 Å². The van der Waals surface area contributed by atoms with Crippen LogP contribution in [0.1, 0.15) is 27.6 Å². The molecule has 4 rings (SSSR count). The number of halogens is 2. The number of aromatic nitrogens is 5. The highest BCUT2D eigenvalue weighted by Gasteiger charge is 2.22. The lowest BCUT2D eigenvalue weighted by Gasteiger charge is -2.09. The van der Waals surface area contributed by atoms with Crippen LogP contribution in [0.15, 0.2) is 64.2 Å². The molecular weight excluding hydrogens is 512 g/mol. The van der Waals surface area contributed by atoms with Gasteiger partial charge in [0.2, 0.25) is 0 Å². The van der Waals surface area contributed by atoms with E-state index in [4.69, 9.17) is 11.6 Å². The van der Waals surface area contributed by atoms with Crippen LogP contribution in [0.3, 0.4) is 0 Å². The van der Waals surface area contributed by atoms with E-state index in [-0.39, 0.29) is 11.6 Å². The number of hydrogen-bond acceptors (Lipinski definition) is 6. The van der Waals surface area contributed by atoms with Crippen molar-refractivity contribution in [2.45, 2.75) is 24.8 Å². The Labute approximate surface area is 202 Å². The predicted molar refractivity (Wildman–Crippen MR) is 130 cm³/mol. The number of carbonyl (C=O) groups excluding carboxylic acids is 1. The minimum Gasteiger partial charge on any atom is -0.320 e. The maximum atomic E-state index is 13.0. The number of nitrogens with zero attached hydrogens (tertiary/aromatic N) is 5. The van der Waals surface area contributed by atoms with Gasteiger partial charge in [0.05, 0.1) is 11.4 Å². The first kappa shape index (κ1) is 22.4. The van der Waals surface area contributed by atoms with E-state index in [0.29, 0.717) is 27.3 Å². The van der Waals surface area contributed by atoms with Crippen molar-refractivity contribution in [1.29, 1.82) is 0 Å². The summed E-state index contributed by atoms with van der Waals surface area (Å²) in [7, 11) is 0. The molecule has 2 heterocycles. The molecule has 0 spiro atoms. The van der Waals surface area contributed by atoms with Crippen molar-refractivity contribution in [3.05, 3.63) is 86.9 Å². The molecule has 0 atom stereocenters. The van der Waals surface area contributed by atoms with Crippen molar-refractivity contribution in [3.8, 4) is 5.69 Å². The number of anilines is 1. The van der Waals surface area contributed by atoms with Crippen LogP contribution >= 0.6 is 39.3 Å². The van der Waals surface area contributed by atoms with Crippen LogP contribution in [-0.2, 0) is 5.75 Å². The highest BCUT2D eigenvalue weighted by molar-refractivity contribution is 9.10. The molecule has 4 aromatic rings. The topological polar surface area (TPSA) is 85.6 Å². The second kappa shape index (κ2) is 9.81. The Bertz CT molecular complexity index is 1260. The summed E-state index contributed by atoms with van der Waals surface area (Å²) >= 11 is 10.9. The Morgan fingerprint density at radius 1 is 1.09 bits per heavy atom. The van der Waals surface area contributed by atoms with Crippen molar-refractivity contribution in [3.63, 3.8) is 0 Å². The fourth-order valence-electron chi connectivity index (χ4n) is 3.04. The first-order chi connectivity index (χ1) is 15.4. The summed E-state index contributed by atoms with van der Waals surface area (Å²) in [6, 6.07) is 16.5. The molecule has 0 saturated heterocycles. The molecule has 0 aliphatic heterocycles. The van der Waals surface area contributed by atoms with E-state index in [1.54, 1.807) is 28.9 Å². The van der Waals surface area contributed by atoms with Crippen LogP contribution < -0.4 is 5.32 Å². The Hall–Kier alpha value is -2.75. The van der Waals surface area contributed by atoms with Crippen molar-refractivity contribution >= 4 is 50.9 Å². The molecule has 162 valence electrons. The van der Waals surface area contributed by atoms with Crippen LogP contribution in [-0.4, -0.2) is 30.9 Å². The van der Waals surface area contributed by atoms with Gasteiger partial charge in [-0.25, -0.2) is 14.6 Å². The number of carbonyl (C=O) groups is 1. The van der Waals surface area contributed by atoms with Gasteiger partial charge in [-0.2, -0.15) is 0 Å². The highest BCUT2D eigenvalue weighted by Crippen LogP contribution is 2.25. The molecule has 2 aromatic carbocycles. The summed E-state index contributed by atoms with van der Waals surface area (Å²) < 4.78 is 2.61. The third-order valence-electron chi connectivity index (χ3n) is 4.43. The van der Waals surface area contributed by atoms with Crippen molar-refractivity contribution in [2.75, 3.05) is 5.32 Å². The summed E-state index contributed by atoms with van der Waals surface area (Å²) in [6.45, 7) is 3.85. The lowest BCUT2D eigenvalue weighted by molar-refractivity contribution is 0.102. The number of hydrogen-bond donors (Lipinski definition) is 1. The zero-order valence-electron chi connectivity index (χ0n) is 17.2. The maximum absolute atomic E-state index is 13.0. The quantitative estimate of drug-likeness (QED) is 0.257. The Balaban J connectivity index is 1.67. The van der Waals surface area contributed by atoms with Gasteiger partial charge in [0, 0.05) is 32.3 Å². The van der Waals surface area contributed by atoms with Crippen molar-refractivity contribution in [2.24, 2.45) is 0 Å². The SMILES string of the molecule is Cc1cc(C)nc(SCc2c(C(=O)Nc3cccc(Cl)c3)nnn2-c2ccc(Br)cc2)n1. The number of rotatable bonds is 6. The van der Waals surface area contributed by atoms with Crippen LogP contribution in [0.25, 0.3) is 5.69 Å². The molecule has 0 radical (unpaired) electrons. The van der Waals surface area contributed by atoms with Gasteiger partial charge in [-0.3, -0.25) is 4.79 Å². The molecule has 0 aliphatic carbocycles. The molecule has 0 fully saturated rings. The van der Waals surface area contributed by atoms with Crippen LogP contribution in [0.4, 0.5) is 5.69 Å². The van der Waals surface area contributed by atoms with Crippen molar-refractivity contribution in [1.82, 2.24) is 25.0 Å². The average Bonchev–Trinajstić information content (AvgIpc) is 3.16. The number of nitrogens with one attached hydrogen (secondary N) is 1. The molecule has 7 nitrogen and oxygen atoms in total. The monoisotopic (exact) mass is 528 g/mol. The summed E-state index contributed by atoms with van der Waals surface area (Å²) in [5, 5.41) is 12.4. The lowest BCUT2D eigenvalue weighted by atomic mass is 10.2. The minimum absolute atomic E-state index is 0.227. The standard InChI is InChI=1S/C22H18BrClN6OS/c1-13-10-14(2)26-22(25-13)32-12-19-20(21(31)27-17-5-3-4-16(24)11-17)28-29-30(19)18-8-6-15(23)7-9-18/h3-11H,12H2,1-2H3,(H,27,31). The number of thioether (sulfide) groups is 1. The number of amides is 1. The maximum Gasteiger partial charge on any atom is 0.278 e. The molecule has 10 heteroatoms. The molecule has 32 heavy (non-hydrogen) atoms. The first-order valence-corrected chi connectivity index (χ1v) is 11.8. The number of benzene rings is 2. The van der Waals surface area contributed by atoms with E-state index >= 15 is 0 Å². The van der Waals surface area contributed by atoms with E-state index < -0.39 is 0 Å². The fourth-order valence-corrected chi connectivity index (χ4v) is 4.44. The van der Waals surface area contributed by atoms with E-state index in [2.05, 4.69) is 41.5 Å². The molecule has 1 N–H and O–H groups in total. The molecule has 1 amide bonds. The van der Waals surface area contributed by atoms with E-state index in [1.807, 2.05) is 44.2 Å². The Morgan fingerprint density at radius 2 is 1.81 bits per heavy atom. The van der Waals surface area contributed by atoms with Crippen LogP contribution in [0.2, 0.25) is 5.02 Å². The van der Waals surface area contributed by atoms with E-state index in [0.717, 1.165) is 21.5 Å². The first-order valence-electron chi connectivity index (χ1n) is 9.61. The smallest absolute Gasteiger partial charge is 0.278 e. The fraction of sp³-hybridized carbons (Fsp3) is 0.136. The molecule has 0 bridgehead atoms. The second-order valence-corrected chi connectivity index (χ2v) is 9.25. The number of aryl methyl sites for hydroxylation is 2. The lowest BCUT2D eigenvalue weighted by Crippen LogP contribution is -2.15. The molecular formula is C22H18BrClN6OS.